The van der Waals surface area contributed by atoms with Gasteiger partial charge in [0, 0.05) is 39.0 Å². The number of benzene rings is 2. The minimum Gasteiger partial charge on any atom is -0.490 e. The quantitative estimate of drug-likeness (QED) is 0.824. The van der Waals surface area contributed by atoms with Crippen LogP contribution in [0.3, 0.4) is 0 Å². The summed E-state index contributed by atoms with van der Waals surface area (Å²) in [6.07, 6.45) is 0.312. The number of rotatable bonds is 5. The first-order valence-corrected chi connectivity index (χ1v) is 10.5. The largest absolute Gasteiger partial charge is 0.490 e. The number of nitrogens with zero attached hydrogens (tertiary/aromatic N) is 3. The Bertz CT molecular complexity index is 909. The van der Waals surface area contributed by atoms with E-state index in [-0.39, 0.29) is 24.7 Å². The van der Waals surface area contributed by atoms with Crippen LogP contribution in [0.5, 0.6) is 5.75 Å². The Morgan fingerprint density at radius 3 is 2.40 bits per heavy atom. The molecule has 0 aromatic heterocycles. The Morgan fingerprint density at radius 1 is 0.900 bits per heavy atom. The van der Waals surface area contributed by atoms with E-state index in [2.05, 4.69) is 22.2 Å². The van der Waals surface area contributed by atoms with E-state index in [1.54, 1.807) is 4.90 Å². The van der Waals surface area contributed by atoms with Gasteiger partial charge in [-0.05, 0) is 31.3 Å². The highest BCUT2D eigenvalue weighted by Crippen LogP contribution is 2.31. The van der Waals surface area contributed by atoms with Crippen LogP contribution in [0.25, 0.3) is 0 Å². The standard InChI is InChI=1S/C23H28N4O3/c1-25-12-14-26(15-13-25)19-7-3-2-6-18(19)24-22(28)10-11-23(29)27-16-17-30-21-9-5-4-8-20(21)27/h2-9H,10-17H2,1H3,(H,24,28). The minimum absolute atomic E-state index is 0.0618. The van der Waals surface area contributed by atoms with E-state index in [1.807, 2.05) is 48.5 Å². The molecule has 2 aromatic rings. The molecule has 2 heterocycles. The zero-order valence-electron chi connectivity index (χ0n) is 17.3. The van der Waals surface area contributed by atoms with E-state index in [0.29, 0.717) is 18.9 Å². The van der Waals surface area contributed by atoms with Gasteiger partial charge in [0.25, 0.3) is 0 Å². The molecular formula is C23H28N4O3. The summed E-state index contributed by atoms with van der Waals surface area (Å²) in [5, 5.41) is 3.01. The second kappa shape index (κ2) is 9.17. The first-order valence-electron chi connectivity index (χ1n) is 10.5. The minimum atomic E-state index is -0.147. The van der Waals surface area contributed by atoms with E-state index in [1.165, 1.54) is 0 Å². The van der Waals surface area contributed by atoms with Gasteiger partial charge in [0.05, 0.1) is 23.6 Å². The number of carbonyl (C=O) groups is 2. The lowest BCUT2D eigenvalue weighted by Gasteiger charge is -2.35. The molecule has 30 heavy (non-hydrogen) atoms. The third-order valence-electron chi connectivity index (χ3n) is 5.62. The lowest BCUT2D eigenvalue weighted by Crippen LogP contribution is -2.44. The van der Waals surface area contributed by atoms with Gasteiger partial charge in [-0.15, -0.1) is 0 Å². The van der Waals surface area contributed by atoms with E-state index < -0.39 is 0 Å². The number of fused-ring (bicyclic) bond motifs is 1. The van der Waals surface area contributed by atoms with Crippen LogP contribution in [0.15, 0.2) is 48.5 Å². The molecule has 0 unspecified atom stereocenters. The van der Waals surface area contributed by atoms with Crippen LogP contribution in [0.1, 0.15) is 12.8 Å². The highest BCUT2D eigenvalue weighted by atomic mass is 16.5. The first kappa shape index (κ1) is 20.2. The summed E-state index contributed by atoms with van der Waals surface area (Å²) in [5.41, 5.74) is 2.61. The van der Waals surface area contributed by atoms with Crippen molar-refractivity contribution in [1.82, 2.24) is 4.90 Å². The van der Waals surface area contributed by atoms with Crippen LogP contribution in [0, 0.1) is 0 Å². The van der Waals surface area contributed by atoms with Gasteiger partial charge in [0.1, 0.15) is 12.4 Å². The first-order chi connectivity index (χ1) is 14.6. The molecule has 1 fully saturated rings. The van der Waals surface area contributed by atoms with Crippen molar-refractivity contribution in [1.29, 1.82) is 0 Å². The summed E-state index contributed by atoms with van der Waals surface area (Å²) in [6, 6.07) is 15.4. The van der Waals surface area contributed by atoms with Gasteiger partial charge in [-0.2, -0.15) is 0 Å². The lowest BCUT2D eigenvalue weighted by molar-refractivity contribution is -0.122. The maximum absolute atomic E-state index is 12.7. The normalized spacial score (nSPS) is 16.6. The lowest BCUT2D eigenvalue weighted by atomic mass is 10.2. The molecule has 7 heteroatoms. The van der Waals surface area contributed by atoms with E-state index in [4.69, 9.17) is 4.74 Å². The van der Waals surface area contributed by atoms with Gasteiger partial charge in [-0.25, -0.2) is 0 Å². The number of hydrogen-bond donors (Lipinski definition) is 1. The Labute approximate surface area is 177 Å². The molecule has 1 N–H and O–H groups in total. The molecule has 2 amide bonds. The van der Waals surface area contributed by atoms with E-state index >= 15 is 0 Å². The van der Waals surface area contributed by atoms with Crippen LogP contribution in [-0.2, 0) is 9.59 Å². The zero-order chi connectivity index (χ0) is 20.9. The summed E-state index contributed by atoms with van der Waals surface area (Å²) in [5.74, 6) is 0.502. The van der Waals surface area contributed by atoms with Crippen molar-refractivity contribution >= 4 is 28.9 Å². The predicted molar refractivity (Wildman–Crippen MR) is 118 cm³/mol. The van der Waals surface area contributed by atoms with Crippen LogP contribution in [-0.4, -0.2) is 63.1 Å². The Kier molecular flexibility index (Phi) is 6.18. The van der Waals surface area contributed by atoms with Crippen molar-refractivity contribution in [3.05, 3.63) is 48.5 Å². The van der Waals surface area contributed by atoms with Crippen molar-refractivity contribution in [2.45, 2.75) is 12.8 Å². The van der Waals surface area contributed by atoms with Gasteiger partial charge in [-0.1, -0.05) is 24.3 Å². The smallest absolute Gasteiger partial charge is 0.227 e. The number of likely N-dealkylation sites (N-methyl/N-ethyl adjacent to an activating group) is 1. The molecule has 0 atom stereocenters. The highest BCUT2D eigenvalue weighted by Gasteiger charge is 2.24. The molecule has 0 aliphatic carbocycles. The van der Waals surface area contributed by atoms with Crippen LogP contribution < -0.4 is 19.9 Å². The van der Waals surface area contributed by atoms with Crippen molar-refractivity contribution in [3.8, 4) is 5.75 Å². The molecule has 0 bridgehead atoms. The van der Waals surface area contributed by atoms with Gasteiger partial charge in [-0.3, -0.25) is 9.59 Å². The fourth-order valence-electron chi connectivity index (χ4n) is 3.90. The average Bonchev–Trinajstić information content (AvgIpc) is 2.78. The average molecular weight is 409 g/mol. The van der Waals surface area contributed by atoms with Crippen LogP contribution in [0.2, 0.25) is 0 Å². The molecule has 2 aromatic carbocycles. The van der Waals surface area contributed by atoms with Crippen molar-refractivity contribution in [2.75, 3.05) is 61.5 Å². The van der Waals surface area contributed by atoms with Gasteiger partial charge >= 0.3 is 0 Å². The molecule has 4 rings (SSSR count). The van der Waals surface area contributed by atoms with Gasteiger partial charge in [0.2, 0.25) is 11.8 Å². The fourth-order valence-corrected chi connectivity index (χ4v) is 3.90. The molecule has 0 radical (unpaired) electrons. The van der Waals surface area contributed by atoms with Crippen LogP contribution in [0.4, 0.5) is 17.1 Å². The van der Waals surface area contributed by atoms with E-state index in [9.17, 15) is 9.59 Å². The fraction of sp³-hybridized carbons (Fsp3) is 0.391. The number of nitrogens with one attached hydrogen (secondary N) is 1. The summed E-state index contributed by atoms with van der Waals surface area (Å²) in [6.45, 7) is 4.82. The second-order valence-corrected chi connectivity index (χ2v) is 7.72. The predicted octanol–water partition coefficient (Wildman–Crippen LogP) is 2.58. The van der Waals surface area contributed by atoms with Crippen molar-refractivity contribution in [2.24, 2.45) is 0 Å². The number of para-hydroxylation sites is 4. The molecule has 7 nitrogen and oxygen atoms in total. The molecule has 1 saturated heterocycles. The number of piperazine rings is 1. The maximum Gasteiger partial charge on any atom is 0.227 e. The second-order valence-electron chi connectivity index (χ2n) is 7.72. The molecular weight excluding hydrogens is 380 g/mol. The molecule has 0 spiro atoms. The monoisotopic (exact) mass is 408 g/mol. The van der Waals surface area contributed by atoms with Crippen molar-refractivity contribution in [3.63, 3.8) is 0 Å². The number of hydrogen-bond acceptors (Lipinski definition) is 5. The number of amides is 2. The Morgan fingerprint density at radius 2 is 1.60 bits per heavy atom. The molecule has 2 aliphatic rings. The van der Waals surface area contributed by atoms with Crippen molar-refractivity contribution < 1.29 is 14.3 Å². The highest BCUT2D eigenvalue weighted by molar-refractivity contribution is 6.00. The number of carbonyl (C=O) groups excluding carboxylic acids is 2. The molecule has 158 valence electrons. The topological polar surface area (TPSA) is 65.1 Å². The summed E-state index contributed by atoms with van der Waals surface area (Å²) in [4.78, 5) is 31.6. The number of anilines is 3. The summed E-state index contributed by atoms with van der Waals surface area (Å²) >= 11 is 0. The van der Waals surface area contributed by atoms with E-state index in [0.717, 1.165) is 43.2 Å². The summed E-state index contributed by atoms with van der Waals surface area (Å²) in [7, 11) is 2.12. The van der Waals surface area contributed by atoms with Gasteiger partial charge < -0.3 is 24.8 Å². The molecule has 0 saturated carbocycles. The third-order valence-corrected chi connectivity index (χ3v) is 5.62. The Balaban J connectivity index is 1.35. The van der Waals surface area contributed by atoms with Crippen LogP contribution >= 0.6 is 0 Å². The molecule has 2 aliphatic heterocycles. The Hall–Kier alpha value is -3.06. The zero-order valence-corrected chi connectivity index (χ0v) is 17.3. The summed E-state index contributed by atoms with van der Waals surface area (Å²) < 4.78 is 5.61. The van der Waals surface area contributed by atoms with Gasteiger partial charge in [0.15, 0.2) is 0 Å². The number of ether oxygens (including phenoxy) is 1. The SMILES string of the molecule is CN1CCN(c2ccccc2NC(=O)CCC(=O)N2CCOc3ccccc32)CC1. The third kappa shape index (κ3) is 4.57. The maximum atomic E-state index is 12.7.